The van der Waals surface area contributed by atoms with Gasteiger partial charge < -0.3 is 9.73 Å². The topological polar surface area (TPSA) is 25.2 Å². The molecule has 1 unspecified atom stereocenters. The van der Waals surface area contributed by atoms with Gasteiger partial charge in [0.15, 0.2) is 0 Å². The van der Waals surface area contributed by atoms with Gasteiger partial charge in [-0.2, -0.15) is 0 Å². The summed E-state index contributed by atoms with van der Waals surface area (Å²) in [5.74, 6) is 0. The van der Waals surface area contributed by atoms with Gasteiger partial charge in [-0.3, -0.25) is 0 Å². The molecular formula is C14H16ClNO. The van der Waals surface area contributed by atoms with Crippen molar-refractivity contribution in [3.05, 3.63) is 58.5 Å². The fourth-order valence-electron chi connectivity index (χ4n) is 2.00. The number of halogens is 1. The third kappa shape index (κ3) is 3.11. The first-order chi connectivity index (χ1) is 8.19. The summed E-state index contributed by atoms with van der Waals surface area (Å²) in [7, 11) is 1.96. The van der Waals surface area contributed by atoms with E-state index in [0.717, 1.165) is 11.4 Å². The standard InChI is InChI=1S/C14H16ClNO/c1-10-5-12(8-13(15)6-10)14(16-2)7-11-3-4-17-9-11/h3-6,8-9,14,16H,7H2,1-2H3. The lowest BCUT2D eigenvalue weighted by Crippen LogP contribution is -2.18. The van der Waals surface area contributed by atoms with E-state index < -0.39 is 0 Å². The van der Waals surface area contributed by atoms with Crippen LogP contribution in [0, 0.1) is 6.92 Å². The molecule has 0 radical (unpaired) electrons. The van der Waals surface area contributed by atoms with Gasteiger partial charge >= 0.3 is 0 Å². The zero-order valence-corrected chi connectivity index (χ0v) is 10.8. The Morgan fingerprint density at radius 1 is 1.35 bits per heavy atom. The fourth-order valence-corrected chi connectivity index (χ4v) is 2.29. The van der Waals surface area contributed by atoms with Gasteiger partial charge in [-0.25, -0.2) is 0 Å². The highest BCUT2D eigenvalue weighted by molar-refractivity contribution is 6.30. The number of hydrogen-bond donors (Lipinski definition) is 1. The highest BCUT2D eigenvalue weighted by atomic mass is 35.5. The van der Waals surface area contributed by atoms with Crippen LogP contribution >= 0.6 is 11.6 Å². The molecule has 0 saturated carbocycles. The summed E-state index contributed by atoms with van der Waals surface area (Å²) < 4.78 is 5.09. The number of benzene rings is 1. The van der Waals surface area contributed by atoms with Gasteiger partial charge in [-0.1, -0.05) is 17.7 Å². The van der Waals surface area contributed by atoms with Crippen molar-refractivity contribution in [2.45, 2.75) is 19.4 Å². The maximum atomic E-state index is 6.09. The SMILES string of the molecule is CNC(Cc1ccoc1)c1cc(C)cc(Cl)c1. The van der Waals surface area contributed by atoms with E-state index in [1.54, 1.807) is 12.5 Å². The molecule has 1 aromatic carbocycles. The fraction of sp³-hybridized carbons (Fsp3) is 0.286. The van der Waals surface area contributed by atoms with Crippen molar-refractivity contribution in [2.24, 2.45) is 0 Å². The van der Waals surface area contributed by atoms with E-state index in [9.17, 15) is 0 Å². The van der Waals surface area contributed by atoms with E-state index in [1.807, 2.05) is 25.2 Å². The molecule has 2 rings (SSSR count). The summed E-state index contributed by atoms with van der Waals surface area (Å²) in [5.41, 5.74) is 3.57. The van der Waals surface area contributed by atoms with Crippen LogP contribution in [-0.2, 0) is 6.42 Å². The van der Waals surface area contributed by atoms with Crippen LogP contribution in [0.2, 0.25) is 5.02 Å². The van der Waals surface area contributed by atoms with Crippen LogP contribution in [0.3, 0.4) is 0 Å². The molecule has 17 heavy (non-hydrogen) atoms. The van der Waals surface area contributed by atoms with Crippen molar-refractivity contribution >= 4 is 11.6 Å². The van der Waals surface area contributed by atoms with Gasteiger partial charge in [-0.05, 0) is 55.3 Å². The van der Waals surface area contributed by atoms with E-state index >= 15 is 0 Å². The number of hydrogen-bond acceptors (Lipinski definition) is 2. The zero-order chi connectivity index (χ0) is 12.3. The Balaban J connectivity index is 2.22. The first kappa shape index (κ1) is 12.2. The second-order valence-corrected chi connectivity index (χ2v) is 4.68. The van der Waals surface area contributed by atoms with Crippen LogP contribution in [0.25, 0.3) is 0 Å². The van der Waals surface area contributed by atoms with Crippen LogP contribution in [-0.4, -0.2) is 7.05 Å². The highest BCUT2D eigenvalue weighted by Gasteiger charge is 2.11. The molecular weight excluding hydrogens is 234 g/mol. The molecule has 90 valence electrons. The Labute approximate surface area is 107 Å². The molecule has 0 aliphatic carbocycles. The molecule has 1 atom stereocenters. The molecule has 0 fully saturated rings. The lowest BCUT2D eigenvalue weighted by atomic mass is 9.99. The predicted octanol–water partition coefficient (Wildman–Crippen LogP) is 3.74. The lowest BCUT2D eigenvalue weighted by Gasteiger charge is -2.16. The molecule has 0 amide bonds. The van der Waals surface area contributed by atoms with Gasteiger partial charge in [0.25, 0.3) is 0 Å². The molecule has 0 aliphatic heterocycles. The highest BCUT2D eigenvalue weighted by Crippen LogP contribution is 2.23. The predicted molar refractivity (Wildman–Crippen MR) is 70.4 cm³/mol. The lowest BCUT2D eigenvalue weighted by molar-refractivity contribution is 0.551. The number of rotatable bonds is 4. The van der Waals surface area contributed by atoms with Gasteiger partial charge in [0, 0.05) is 11.1 Å². The normalized spacial score (nSPS) is 12.6. The van der Waals surface area contributed by atoms with E-state index in [0.29, 0.717) is 0 Å². The second-order valence-electron chi connectivity index (χ2n) is 4.24. The summed E-state index contributed by atoms with van der Waals surface area (Å²) in [4.78, 5) is 0. The van der Waals surface area contributed by atoms with Crippen molar-refractivity contribution in [3.8, 4) is 0 Å². The summed E-state index contributed by atoms with van der Waals surface area (Å²) in [6.07, 6.45) is 4.37. The van der Waals surface area contributed by atoms with E-state index in [1.165, 1.54) is 16.7 Å². The molecule has 0 spiro atoms. The summed E-state index contributed by atoms with van der Waals surface area (Å²) >= 11 is 6.09. The zero-order valence-electron chi connectivity index (χ0n) is 10.0. The monoisotopic (exact) mass is 249 g/mol. The van der Waals surface area contributed by atoms with Crippen LogP contribution in [0.4, 0.5) is 0 Å². The Hall–Kier alpha value is -1.25. The van der Waals surface area contributed by atoms with E-state index in [4.69, 9.17) is 16.0 Å². The van der Waals surface area contributed by atoms with Gasteiger partial charge in [0.05, 0.1) is 12.5 Å². The molecule has 1 N–H and O–H groups in total. The molecule has 1 heterocycles. The molecule has 0 bridgehead atoms. The smallest absolute Gasteiger partial charge is 0.0935 e. The molecule has 2 aromatic rings. The maximum Gasteiger partial charge on any atom is 0.0935 e. The summed E-state index contributed by atoms with van der Waals surface area (Å²) in [5, 5.41) is 4.10. The molecule has 0 aliphatic rings. The van der Waals surface area contributed by atoms with Crippen LogP contribution in [0.15, 0.2) is 41.2 Å². The van der Waals surface area contributed by atoms with Crippen molar-refractivity contribution in [1.82, 2.24) is 5.32 Å². The van der Waals surface area contributed by atoms with Gasteiger partial charge in [0.1, 0.15) is 0 Å². The van der Waals surface area contributed by atoms with E-state index in [2.05, 4.69) is 18.3 Å². The minimum Gasteiger partial charge on any atom is -0.472 e. The molecule has 1 aromatic heterocycles. The Kier molecular flexibility index (Phi) is 3.87. The minimum absolute atomic E-state index is 0.255. The number of nitrogens with one attached hydrogen (secondary N) is 1. The first-order valence-electron chi connectivity index (χ1n) is 5.64. The molecule has 0 saturated heterocycles. The van der Waals surface area contributed by atoms with Gasteiger partial charge in [-0.15, -0.1) is 0 Å². The quantitative estimate of drug-likeness (QED) is 0.893. The van der Waals surface area contributed by atoms with Crippen molar-refractivity contribution in [2.75, 3.05) is 7.05 Å². The summed E-state index contributed by atoms with van der Waals surface area (Å²) in [6, 6.07) is 8.38. The average Bonchev–Trinajstić information content (AvgIpc) is 2.77. The number of aryl methyl sites for hydroxylation is 1. The number of likely N-dealkylation sites (N-methyl/N-ethyl adjacent to an activating group) is 1. The Morgan fingerprint density at radius 2 is 2.18 bits per heavy atom. The van der Waals surface area contributed by atoms with Crippen LogP contribution < -0.4 is 5.32 Å². The van der Waals surface area contributed by atoms with Crippen molar-refractivity contribution < 1.29 is 4.42 Å². The third-order valence-electron chi connectivity index (χ3n) is 2.84. The van der Waals surface area contributed by atoms with Crippen LogP contribution in [0.1, 0.15) is 22.7 Å². The average molecular weight is 250 g/mol. The van der Waals surface area contributed by atoms with Crippen molar-refractivity contribution in [3.63, 3.8) is 0 Å². The Morgan fingerprint density at radius 3 is 2.76 bits per heavy atom. The van der Waals surface area contributed by atoms with E-state index in [-0.39, 0.29) is 6.04 Å². The summed E-state index contributed by atoms with van der Waals surface area (Å²) in [6.45, 7) is 2.06. The molecule has 3 heteroatoms. The Bertz CT molecular complexity index is 459. The van der Waals surface area contributed by atoms with Crippen molar-refractivity contribution in [1.29, 1.82) is 0 Å². The maximum absolute atomic E-state index is 6.09. The third-order valence-corrected chi connectivity index (χ3v) is 3.05. The van der Waals surface area contributed by atoms with Gasteiger partial charge in [0.2, 0.25) is 0 Å². The second kappa shape index (κ2) is 5.39. The van der Waals surface area contributed by atoms with Crippen LogP contribution in [0.5, 0.6) is 0 Å². The minimum atomic E-state index is 0.255. The largest absolute Gasteiger partial charge is 0.472 e. The number of furan rings is 1. The molecule has 2 nitrogen and oxygen atoms in total. The first-order valence-corrected chi connectivity index (χ1v) is 6.02.